The molecule has 35 heavy (non-hydrogen) atoms. The molecular formula is C24H28F4N2O4S. The molecule has 4 rings (SSSR count). The van der Waals surface area contributed by atoms with Crippen LogP contribution in [-0.4, -0.2) is 49.1 Å². The van der Waals surface area contributed by atoms with Crippen molar-refractivity contribution in [1.29, 1.82) is 0 Å². The van der Waals surface area contributed by atoms with Crippen molar-refractivity contribution < 1.29 is 35.9 Å². The minimum atomic E-state index is -4.55. The summed E-state index contributed by atoms with van der Waals surface area (Å²) in [5, 5.41) is 10.2. The first-order valence-corrected chi connectivity index (χ1v) is 13.2. The van der Waals surface area contributed by atoms with Crippen molar-refractivity contribution in [3.05, 3.63) is 53.4 Å². The van der Waals surface area contributed by atoms with Gasteiger partial charge in [0.2, 0.25) is 15.9 Å². The Morgan fingerprint density at radius 2 is 1.69 bits per heavy atom. The normalized spacial score (nSPS) is 28.0. The van der Waals surface area contributed by atoms with Crippen molar-refractivity contribution in [3.63, 3.8) is 0 Å². The van der Waals surface area contributed by atoms with E-state index in [1.165, 1.54) is 6.08 Å². The molecule has 11 heteroatoms. The van der Waals surface area contributed by atoms with E-state index in [0.717, 1.165) is 29.8 Å². The number of hydrogen-bond acceptors (Lipinski definition) is 4. The second-order valence-corrected chi connectivity index (χ2v) is 11.2. The van der Waals surface area contributed by atoms with E-state index >= 15 is 0 Å². The number of alkyl halides is 3. The third-order valence-corrected chi connectivity index (χ3v) is 8.55. The van der Waals surface area contributed by atoms with Gasteiger partial charge in [-0.15, -0.1) is 0 Å². The highest BCUT2D eigenvalue weighted by Gasteiger charge is 2.40. The molecule has 1 aromatic carbocycles. The van der Waals surface area contributed by atoms with Crippen LogP contribution in [0.15, 0.2) is 52.7 Å². The molecule has 192 valence electrons. The number of benzene rings is 1. The van der Waals surface area contributed by atoms with E-state index in [1.807, 2.05) is 0 Å². The highest BCUT2D eigenvalue weighted by atomic mass is 32.2. The third-order valence-electron chi connectivity index (χ3n) is 7.01. The van der Waals surface area contributed by atoms with Crippen LogP contribution in [0.4, 0.5) is 17.6 Å². The minimum absolute atomic E-state index is 0.0912. The van der Waals surface area contributed by atoms with Gasteiger partial charge < -0.3 is 10.0 Å². The van der Waals surface area contributed by atoms with E-state index in [4.69, 9.17) is 0 Å². The van der Waals surface area contributed by atoms with Crippen LogP contribution >= 0.6 is 0 Å². The number of rotatable bonds is 5. The van der Waals surface area contributed by atoms with Gasteiger partial charge in [0.1, 0.15) is 5.83 Å². The van der Waals surface area contributed by atoms with Gasteiger partial charge in [0.15, 0.2) is 0 Å². The molecule has 2 atom stereocenters. The fraction of sp³-hybridized carbons (Fsp3) is 0.542. The summed E-state index contributed by atoms with van der Waals surface area (Å²) in [7, 11) is -4.00. The number of sulfonamides is 1. The zero-order valence-corrected chi connectivity index (χ0v) is 19.8. The quantitative estimate of drug-likeness (QED) is 0.578. The van der Waals surface area contributed by atoms with Crippen LogP contribution in [0, 0.1) is 5.92 Å². The number of aliphatic hydroxyl groups is 1. The molecule has 1 aromatic rings. The first kappa shape index (κ1) is 25.8. The lowest BCUT2D eigenvalue weighted by Gasteiger charge is -2.34. The Labute approximate surface area is 201 Å². The van der Waals surface area contributed by atoms with Gasteiger partial charge in [0.05, 0.1) is 22.6 Å². The summed E-state index contributed by atoms with van der Waals surface area (Å²) >= 11 is 0. The zero-order chi connectivity index (χ0) is 25.4. The van der Waals surface area contributed by atoms with Crippen molar-refractivity contribution in [3.8, 4) is 0 Å². The number of carbonyl (C=O) groups excluding carboxylic acids is 1. The number of aliphatic hydroxyl groups excluding tert-OH is 1. The molecule has 6 nitrogen and oxygen atoms in total. The van der Waals surface area contributed by atoms with Crippen LogP contribution in [0.5, 0.6) is 0 Å². The van der Waals surface area contributed by atoms with Crippen LogP contribution in [0.2, 0.25) is 0 Å². The van der Waals surface area contributed by atoms with Gasteiger partial charge in [-0.1, -0.05) is 6.08 Å². The fourth-order valence-corrected chi connectivity index (χ4v) is 6.42. The standard InChI is InChI=1S/C24H28F4N2O4S/c25-18-7-1-15(2-8-18)22-13-20(31)14-30(22)23(32)16-3-9-19(10-4-16)29-35(33,34)21-11-5-17(6-12-21)24(26,27)28/h1,5-7,11-12,16,19-20,22,29,31H,2-4,8-10,13-14H2/t16?,19?,20?,22-/m1/s1. The van der Waals surface area contributed by atoms with E-state index in [-0.39, 0.29) is 41.6 Å². The molecule has 1 heterocycles. The summed E-state index contributed by atoms with van der Waals surface area (Å²) in [5.41, 5.74) is 0.000222. The summed E-state index contributed by atoms with van der Waals surface area (Å²) in [6.45, 7) is 0.216. The maximum Gasteiger partial charge on any atom is 0.416 e. The fourth-order valence-electron chi connectivity index (χ4n) is 5.12. The second-order valence-electron chi connectivity index (χ2n) is 9.44. The smallest absolute Gasteiger partial charge is 0.391 e. The number of carbonyl (C=O) groups is 1. The maximum absolute atomic E-state index is 13.4. The van der Waals surface area contributed by atoms with Gasteiger partial charge in [-0.25, -0.2) is 17.5 Å². The molecule has 1 unspecified atom stereocenters. The van der Waals surface area contributed by atoms with Crippen LogP contribution in [0.3, 0.4) is 0 Å². The molecule has 3 aliphatic rings. The van der Waals surface area contributed by atoms with E-state index in [1.54, 1.807) is 11.0 Å². The van der Waals surface area contributed by atoms with Crippen molar-refractivity contribution in [1.82, 2.24) is 9.62 Å². The number of nitrogens with zero attached hydrogens (tertiary/aromatic N) is 1. The average Bonchev–Trinajstić information content (AvgIpc) is 3.20. The monoisotopic (exact) mass is 516 g/mol. The summed E-state index contributed by atoms with van der Waals surface area (Å²) < 4.78 is 79.4. The van der Waals surface area contributed by atoms with Crippen molar-refractivity contribution >= 4 is 15.9 Å². The van der Waals surface area contributed by atoms with Gasteiger partial charge >= 0.3 is 6.18 Å². The Morgan fingerprint density at radius 3 is 2.26 bits per heavy atom. The Bertz CT molecular complexity index is 1110. The molecule has 0 spiro atoms. The topological polar surface area (TPSA) is 86.7 Å². The summed E-state index contributed by atoms with van der Waals surface area (Å²) in [6.07, 6.45) is 0.815. The molecule has 0 radical (unpaired) electrons. The van der Waals surface area contributed by atoms with E-state index in [0.29, 0.717) is 38.5 Å². The Balaban J connectivity index is 1.35. The van der Waals surface area contributed by atoms with Gasteiger partial charge in [0, 0.05) is 24.9 Å². The first-order valence-electron chi connectivity index (χ1n) is 11.7. The highest BCUT2D eigenvalue weighted by molar-refractivity contribution is 7.89. The lowest BCUT2D eigenvalue weighted by atomic mass is 9.85. The van der Waals surface area contributed by atoms with Crippen molar-refractivity contribution in [2.45, 2.75) is 74.2 Å². The molecule has 2 aliphatic carbocycles. The molecule has 0 bridgehead atoms. The molecule has 0 aromatic heterocycles. The zero-order valence-electron chi connectivity index (χ0n) is 19.0. The molecule has 2 fully saturated rings. The number of halogens is 4. The van der Waals surface area contributed by atoms with E-state index in [9.17, 15) is 35.9 Å². The molecule has 1 amide bonds. The second kappa shape index (κ2) is 10.0. The first-order chi connectivity index (χ1) is 16.4. The summed E-state index contributed by atoms with van der Waals surface area (Å²) in [5.74, 6) is -0.611. The average molecular weight is 517 g/mol. The number of nitrogens with one attached hydrogen (secondary N) is 1. The van der Waals surface area contributed by atoms with Crippen LogP contribution in [-0.2, 0) is 21.0 Å². The Hall–Kier alpha value is -2.24. The predicted molar refractivity (Wildman–Crippen MR) is 120 cm³/mol. The predicted octanol–water partition coefficient (Wildman–Crippen LogP) is 4.08. The highest BCUT2D eigenvalue weighted by Crippen LogP contribution is 2.35. The van der Waals surface area contributed by atoms with Gasteiger partial charge in [-0.3, -0.25) is 4.79 Å². The molecule has 1 aliphatic heterocycles. The Kier molecular flexibility index (Phi) is 7.40. The van der Waals surface area contributed by atoms with E-state index < -0.39 is 33.9 Å². The van der Waals surface area contributed by atoms with Gasteiger partial charge in [0.25, 0.3) is 0 Å². The SMILES string of the molecule is O=C(C1CCC(NS(=O)(=O)c2ccc(C(F)(F)F)cc2)CC1)N1CC(O)C[C@@H]1C1=CC=C(F)CC1. The number of β-amino-alcohol motifs (C(OH)–C–C–N with tert-alkyl or cyclic N) is 1. The minimum Gasteiger partial charge on any atom is -0.391 e. The largest absolute Gasteiger partial charge is 0.416 e. The van der Waals surface area contributed by atoms with Crippen LogP contribution in [0.25, 0.3) is 0 Å². The Morgan fingerprint density at radius 1 is 1.03 bits per heavy atom. The molecule has 1 saturated heterocycles. The summed E-state index contributed by atoms with van der Waals surface area (Å²) in [4.78, 5) is 14.7. The van der Waals surface area contributed by atoms with Crippen LogP contribution in [0.1, 0.15) is 50.5 Å². The lowest BCUT2D eigenvalue weighted by Crippen LogP contribution is -2.44. The molecule has 2 N–H and O–H groups in total. The van der Waals surface area contributed by atoms with Crippen molar-refractivity contribution in [2.24, 2.45) is 5.92 Å². The molecule has 1 saturated carbocycles. The third kappa shape index (κ3) is 5.95. The molecular weight excluding hydrogens is 488 g/mol. The van der Waals surface area contributed by atoms with E-state index in [2.05, 4.69) is 4.72 Å². The van der Waals surface area contributed by atoms with Gasteiger partial charge in [-0.05, 0) is 74.4 Å². The lowest BCUT2D eigenvalue weighted by molar-refractivity contribution is -0.138. The number of likely N-dealkylation sites (tertiary alicyclic amines) is 1. The van der Waals surface area contributed by atoms with Gasteiger partial charge in [-0.2, -0.15) is 13.2 Å². The number of amides is 1. The van der Waals surface area contributed by atoms with Crippen LogP contribution < -0.4 is 4.72 Å². The number of allylic oxidation sites excluding steroid dienone is 3. The number of hydrogen-bond donors (Lipinski definition) is 2. The summed E-state index contributed by atoms with van der Waals surface area (Å²) in [6, 6.07) is 2.63. The maximum atomic E-state index is 13.4. The van der Waals surface area contributed by atoms with Crippen molar-refractivity contribution in [2.75, 3.05) is 6.54 Å².